The Kier molecular flexibility index (Phi) is 11.3. The molecule has 0 fully saturated rings. The van der Waals surface area contributed by atoms with Gasteiger partial charge in [-0.2, -0.15) is 0 Å². The van der Waals surface area contributed by atoms with Crippen molar-refractivity contribution in [2.75, 3.05) is 42.7 Å². The highest BCUT2D eigenvalue weighted by atomic mass is 32.2. The summed E-state index contributed by atoms with van der Waals surface area (Å²) in [7, 11) is 4.82. The summed E-state index contributed by atoms with van der Waals surface area (Å²) in [5, 5.41) is 17.6. The third kappa shape index (κ3) is 7.75. The van der Waals surface area contributed by atoms with Crippen LogP contribution in [0.5, 0.6) is 46.0 Å². The molecule has 0 saturated carbocycles. The zero-order valence-corrected chi connectivity index (χ0v) is 27.8. The van der Waals surface area contributed by atoms with E-state index in [0.29, 0.717) is 56.8 Å². The maximum atomic E-state index is 14.9. The minimum Gasteiger partial charge on any atom is -0.508 e. The van der Waals surface area contributed by atoms with Crippen LogP contribution in [0.3, 0.4) is 0 Å². The maximum Gasteiger partial charge on any atom is 0.171 e. The van der Waals surface area contributed by atoms with Gasteiger partial charge in [0.05, 0.1) is 53.8 Å². The van der Waals surface area contributed by atoms with Crippen molar-refractivity contribution in [1.29, 1.82) is 0 Å². The Bertz CT molecular complexity index is 1650. The van der Waals surface area contributed by atoms with Crippen LogP contribution < -0.4 is 28.4 Å². The van der Waals surface area contributed by atoms with Crippen molar-refractivity contribution in [2.45, 2.75) is 10.5 Å². The second kappa shape index (κ2) is 15.3. The fourth-order valence-corrected chi connectivity index (χ4v) is 7.05. The molecule has 0 saturated heterocycles. The summed E-state index contributed by atoms with van der Waals surface area (Å²) < 4.78 is 62.8. The normalized spacial score (nSPS) is 12.9. The van der Waals surface area contributed by atoms with Crippen LogP contribution in [0.4, 0.5) is 0 Å². The molecular formula is C36H38O10S. The van der Waals surface area contributed by atoms with Gasteiger partial charge in [-0.05, 0) is 47.5 Å². The van der Waals surface area contributed by atoms with Crippen LogP contribution in [-0.4, -0.2) is 61.3 Å². The van der Waals surface area contributed by atoms with Crippen LogP contribution >= 0.6 is 0 Å². The molecule has 0 aliphatic heterocycles. The number of methoxy groups -OCH3 is 6. The van der Waals surface area contributed by atoms with Gasteiger partial charge in [0.2, 0.25) is 0 Å². The Labute approximate surface area is 274 Å². The van der Waals surface area contributed by atoms with Gasteiger partial charge in [-0.25, -0.2) is 8.42 Å². The van der Waals surface area contributed by atoms with Gasteiger partial charge >= 0.3 is 0 Å². The molecule has 0 spiro atoms. The van der Waals surface area contributed by atoms with Gasteiger partial charge in [-0.3, -0.25) is 0 Å². The zero-order chi connectivity index (χ0) is 34.1. The summed E-state index contributed by atoms with van der Waals surface area (Å²) in [6.45, 7) is 0. The Morgan fingerprint density at radius 2 is 0.809 bits per heavy atom. The van der Waals surface area contributed by atoms with Crippen molar-refractivity contribution in [1.82, 2.24) is 0 Å². The smallest absolute Gasteiger partial charge is 0.171 e. The summed E-state index contributed by atoms with van der Waals surface area (Å²) >= 11 is 0. The molecule has 0 aliphatic carbocycles. The number of ether oxygens (including phenoxy) is 6. The Morgan fingerprint density at radius 3 is 1.06 bits per heavy atom. The van der Waals surface area contributed by atoms with E-state index in [1.165, 1.54) is 66.9 Å². The molecule has 0 amide bonds. The van der Waals surface area contributed by atoms with Gasteiger partial charge < -0.3 is 38.6 Å². The van der Waals surface area contributed by atoms with E-state index in [9.17, 15) is 18.6 Å². The van der Waals surface area contributed by atoms with E-state index in [2.05, 4.69) is 0 Å². The lowest BCUT2D eigenvalue weighted by atomic mass is 10.1. The average molecular weight is 663 g/mol. The number of benzene rings is 4. The number of hydrogen-bond acceptors (Lipinski definition) is 10. The molecule has 0 radical (unpaired) electrons. The van der Waals surface area contributed by atoms with Gasteiger partial charge in [0.15, 0.2) is 9.84 Å². The van der Waals surface area contributed by atoms with Gasteiger partial charge in [0, 0.05) is 24.3 Å². The third-order valence-electron chi connectivity index (χ3n) is 7.53. The van der Waals surface area contributed by atoms with E-state index >= 15 is 0 Å². The second-order valence-corrected chi connectivity index (χ2v) is 12.4. The summed E-state index contributed by atoms with van der Waals surface area (Å²) in [6, 6.07) is 18.6. The first-order chi connectivity index (χ1) is 22.6. The zero-order valence-electron chi connectivity index (χ0n) is 27.0. The molecule has 4 aromatic rings. The molecule has 0 aliphatic rings. The SMILES string of the molecule is COc1cc(OC)c(/C=C/C(c2ccc(O)cc2)S(=O)(=O)C(/C=C/c2c(OC)cc(OC)cc2OC)c2ccc(O)cc2)c(OC)c1. The fourth-order valence-electron chi connectivity index (χ4n) is 5.07. The number of aromatic hydroxyl groups is 2. The van der Waals surface area contributed by atoms with Crippen LogP contribution in [0.25, 0.3) is 12.2 Å². The highest BCUT2D eigenvalue weighted by molar-refractivity contribution is 7.92. The van der Waals surface area contributed by atoms with Crippen LogP contribution in [-0.2, 0) is 9.84 Å². The van der Waals surface area contributed by atoms with Crippen molar-refractivity contribution in [3.63, 3.8) is 0 Å². The predicted octanol–water partition coefficient (Wildman–Crippen LogP) is 6.77. The molecule has 2 atom stereocenters. The molecule has 11 heteroatoms. The van der Waals surface area contributed by atoms with Crippen LogP contribution in [0.1, 0.15) is 32.8 Å². The molecule has 10 nitrogen and oxygen atoms in total. The average Bonchev–Trinajstić information content (AvgIpc) is 3.09. The number of rotatable bonds is 14. The first kappa shape index (κ1) is 34.6. The lowest BCUT2D eigenvalue weighted by Gasteiger charge is -2.22. The summed E-state index contributed by atoms with van der Waals surface area (Å²) in [5.41, 5.74) is 1.81. The number of hydrogen-bond donors (Lipinski definition) is 2. The topological polar surface area (TPSA) is 130 Å². The molecule has 0 bridgehead atoms. The van der Waals surface area contributed by atoms with Crippen LogP contribution in [0.2, 0.25) is 0 Å². The Morgan fingerprint density at radius 1 is 0.511 bits per heavy atom. The van der Waals surface area contributed by atoms with E-state index in [-0.39, 0.29) is 11.5 Å². The third-order valence-corrected chi connectivity index (χ3v) is 9.81. The van der Waals surface area contributed by atoms with Gasteiger partial charge in [-0.15, -0.1) is 0 Å². The fraction of sp³-hybridized carbons (Fsp3) is 0.222. The van der Waals surface area contributed by atoms with Crippen molar-refractivity contribution in [2.24, 2.45) is 0 Å². The highest BCUT2D eigenvalue weighted by Crippen LogP contribution is 2.42. The van der Waals surface area contributed by atoms with Crippen LogP contribution in [0.15, 0.2) is 84.9 Å². The lowest BCUT2D eigenvalue weighted by Crippen LogP contribution is -2.19. The van der Waals surface area contributed by atoms with Crippen molar-refractivity contribution in [3.05, 3.63) is 107 Å². The standard InChI is InChI=1S/C36H38O10S/c1-41-27-19-31(43-3)29(32(20-27)44-4)15-17-35(23-7-11-25(37)12-8-23)47(39,40)36(24-9-13-26(38)14-10-24)18-16-30-33(45-5)21-28(42-2)22-34(30)46-6/h7-22,35-38H,1-6H3/b17-15+,18-16+. The van der Waals surface area contributed by atoms with Crippen molar-refractivity contribution >= 4 is 22.0 Å². The molecule has 0 aromatic heterocycles. The molecule has 248 valence electrons. The molecule has 4 aromatic carbocycles. The summed E-state index contributed by atoms with van der Waals surface area (Å²) in [4.78, 5) is 0. The minimum absolute atomic E-state index is 0.0129. The van der Waals surface area contributed by atoms with Crippen LogP contribution in [0, 0.1) is 0 Å². The van der Waals surface area contributed by atoms with E-state index in [1.54, 1.807) is 72.8 Å². The summed E-state index contributed by atoms with van der Waals surface area (Å²) in [5.74, 6) is 2.62. The van der Waals surface area contributed by atoms with Crippen molar-refractivity contribution < 1.29 is 47.1 Å². The first-order valence-electron chi connectivity index (χ1n) is 14.4. The summed E-state index contributed by atoms with van der Waals surface area (Å²) in [6.07, 6.45) is 6.34. The van der Waals surface area contributed by atoms with E-state index in [1.807, 2.05) is 0 Å². The van der Waals surface area contributed by atoms with Gasteiger partial charge in [-0.1, -0.05) is 36.4 Å². The molecule has 4 rings (SSSR count). The van der Waals surface area contributed by atoms with Gasteiger partial charge in [0.25, 0.3) is 0 Å². The van der Waals surface area contributed by atoms with E-state index in [0.717, 1.165) is 0 Å². The number of sulfone groups is 1. The Balaban J connectivity index is 1.93. The predicted molar refractivity (Wildman–Crippen MR) is 181 cm³/mol. The Hall–Kier alpha value is -5.29. The monoisotopic (exact) mass is 662 g/mol. The maximum absolute atomic E-state index is 14.9. The largest absolute Gasteiger partial charge is 0.508 e. The quantitative estimate of drug-likeness (QED) is 0.149. The van der Waals surface area contributed by atoms with E-state index < -0.39 is 20.3 Å². The second-order valence-electron chi connectivity index (χ2n) is 10.2. The van der Waals surface area contributed by atoms with E-state index in [4.69, 9.17) is 28.4 Å². The molecule has 47 heavy (non-hydrogen) atoms. The lowest BCUT2D eigenvalue weighted by molar-refractivity contribution is 0.374. The van der Waals surface area contributed by atoms with Crippen molar-refractivity contribution in [3.8, 4) is 46.0 Å². The molecular weight excluding hydrogens is 624 g/mol. The molecule has 2 N–H and O–H groups in total. The highest BCUT2D eigenvalue weighted by Gasteiger charge is 2.34. The number of phenolic OH excluding ortho intramolecular Hbond substituents is 2. The molecule has 0 heterocycles. The van der Waals surface area contributed by atoms with Gasteiger partial charge in [0.1, 0.15) is 56.5 Å². The minimum atomic E-state index is -4.19. The molecule has 2 unspecified atom stereocenters. The first-order valence-corrected chi connectivity index (χ1v) is 16.0. The number of phenols is 2.